The van der Waals surface area contributed by atoms with E-state index in [9.17, 15) is 4.79 Å². The summed E-state index contributed by atoms with van der Waals surface area (Å²) in [6.45, 7) is 2.42. The number of aromatic nitrogens is 1. The van der Waals surface area contributed by atoms with Gasteiger partial charge in [0.15, 0.2) is 5.13 Å². The highest BCUT2D eigenvalue weighted by Crippen LogP contribution is 2.39. The topological polar surface area (TPSA) is 63.7 Å². The molecule has 7 heteroatoms. The summed E-state index contributed by atoms with van der Waals surface area (Å²) in [6, 6.07) is 4.40. The maximum Gasteiger partial charge on any atom is 0.243 e. The van der Waals surface area contributed by atoms with Gasteiger partial charge in [-0.05, 0) is 18.6 Å². The molecule has 0 radical (unpaired) electrons. The molecule has 4 heterocycles. The zero-order chi connectivity index (χ0) is 15.4. The van der Waals surface area contributed by atoms with Crippen LogP contribution in [0.3, 0.4) is 0 Å². The van der Waals surface area contributed by atoms with E-state index in [1.54, 1.807) is 11.3 Å². The summed E-state index contributed by atoms with van der Waals surface area (Å²) >= 11 is 1.60. The summed E-state index contributed by atoms with van der Waals surface area (Å²) in [7, 11) is 0. The quantitative estimate of drug-likeness (QED) is 0.854. The van der Waals surface area contributed by atoms with Crippen LogP contribution in [0.25, 0.3) is 10.2 Å². The minimum absolute atomic E-state index is 0.0973. The Kier molecular flexibility index (Phi) is 3.07. The SMILES string of the molecule is O=C1CNC2COCCC2N1c1nc2c3c(ccc2s1)OCC3. The van der Waals surface area contributed by atoms with Crippen molar-refractivity contribution in [2.45, 2.75) is 24.9 Å². The van der Waals surface area contributed by atoms with Crippen LogP contribution in [0, 0.1) is 0 Å². The predicted octanol–water partition coefficient (Wildman–Crippen LogP) is 1.32. The van der Waals surface area contributed by atoms with Gasteiger partial charge in [0, 0.05) is 18.6 Å². The van der Waals surface area contributed by atoms with Crippen LogP contribution < -0.4 is 15.0 Å². The summed E-state index contributed by atoms with van der Waals surface area (Å²) in [5.41, 5.74) is 2.17. The second kappa shape index (κ2) is 5.15. The summed E-state index contributed by atoms with van der Waals surface area (Å²) in [6.07, 6.45) is 1.74. The predicted molar refractivity (Wildman–Crippen MR) is 87.3 cm³/mol. The lowest BCUT2D eigenvalue weighted by Crippen LogP contribution is -2.64. The van der Waals surface area contributed by atoms with Crippen LogP contribution in [0.1, 0.15) is 12.0 Å². The largest absolute Gasteiger partial charge is 0.493 e. The van der Waals surface area contributed by atoms with Gasteiger partial charge in [0.1, 0.15) is 5.75 Å². The van der Waals surface area contributed by atoms with E-state index in [1.165, 1.54) is 5.56 Å². The van der Waals surface area contributed by atoms with E-state index in [0.717, 1.165) is 40.5 Å². The molecule has 120 valence electrons. The lowest BCUT2D eigenvalue weighted by Gasteiger charge is -2.42. The van der Waals surface area contributed by atoms with Crippen molar-refractivity contribution in [3.05, 3.63) is 17.7 Å². The van der Waals surface area contributed by atoms with Gasteiger partial charge in [-0.15, -0.1) is 0 Å². The normalized spacial score (nSPS) is 27.0. The molecule has 2 unspecified atom stereocenters. The van der Waals surface area contributed by atoms with Crippen LogP contribution in [0.5, 0.6) is 5.75 Å². The second-order valence-electron chi connectivity index (χ2n) is 6.17. The second-order valence-corrected chi connectivity index (χ2v) is 7.18. The van der Waals surface area contributed by atoms with Gasteiger partial charge in [-0.3, -0.25) is 9.69 Å². The molecule has 2 aromatic rings. The molecule has 1 aromatic heterocycles. The summed E-state index contributed by atoms with van der Waals surface area (Å²) in [5.74, 6) is 1.03. The molecule has 1 N–H and O–H groups in total. The molecule has 0 bridgehead atoms. The average Bonchev–Trinajstić information content (AvgIpc) is 3.20. The van der Waals surface area contributed by atoms with Crippen molar-refractivity contribution in [1.82, 2.24) is 10.3 Å². The van der Waals surface area contributed by atoms with Crippen LogP contribution in [0.2, 0.25) is 0 Å². The Balaban J connectivity index is 1.59. The van der Waals surface area contributed by atoms with Crippen molar-refractivity contribution in [1.29, 1.82) is 0 Å². The van der Waals surface area contributed by atoms with Crippen molar-refractivity contribution in [2.75, 3.05) is 31.3 Å². The van der Waals surface area contributed by atoms with Crippen LogP contribution in [0.4, 0.5) is 5.13 Å². The van der Waals surface area contributed by atoms with Gasteiger partial charge in [-0.25, -0.2) is 4.98 Å². The number of nitrogens with zero attached hydrogens (tertiary/aromatic N) is 2. The van der Waals surface area contributed by atoms with E-state index in [4.69, 9.17) is 14.5 Å². The molecule has 23 heavy (non-hydrogen) atoms. The highest BCUT2D eigenvalue weighted by atomic mass is 32.1. The molecule has 3 aliphatic heterocycles. The summed E-state index contributed by atoms with van der Waals surface area (Å²) in [4.78, 5) is 19.2. The van der Waals surface area contributed by atoms with Crippen molar-refractivity contribution >= 4 is 32.6 Å². The Morgan fingerprint density at radius 2 is 2.30 bits per heavy atom. The summed E-state index contributed by atoms with van der Waals surface area (Å²) in [5, 5.41) is 4.10. The Labute approximate surface area is 137 Å². The number of hydrogen-bond donors (Lipinski definition) is 1. The number of ether oxygens (including phenoxy) is 2. The van der Waals surface area contributed by atoms with Crippen LogP contribution >= 0.6 is 11.3 Å². The number of rotatable bonds is 1. The van der Waals surface area contributed by atoms with Crippen LogP contribution in [0.15, 0.2) is 12.1 Å². The fourth-order valence-corrected chi connectivity index (χ4v) is 4.80. The average molecular weight is 331 g/mol. The van der Waals surface area contributed by atoms with Crippen LogP contribution in [-0.4, -0.2) is 49.3 Å². The fourth-order valence-electron chi connectivity index (χ4n) is 3.73. The molecule has 3 aliphatic rings. The number of fused-ring (bicyclic) bond motifs is 4. The van der Waals surface area contributed by atoms with Gasteiger partial charge in [-0.2, -0.15) is 0 Å². The number of anilines is 1. The molecule has 0 spiro atoms. The molecule has 1 aromatic carbocycles. The first kappa shape index (κ1) is 13.7. The Bertz CT molecular complexity index is 790. The zero-order valence-corrected chi connectivity index (χ0v) is 13.4. The van der Waals surface area contributed by atoms with Crippen molar-refractivity contribution in [2.24, 2.45) is 0 Å². The van der Waals surface area contributed by atoms with Gasteiger partial charge in [-0.1, -0.05) is 11.3 Å². The smallest absolute Gasteiger partial charge is 0.243 e. The third-order valence-electron chi connectivity index (χ3n) is 4.86. The van der Waals surface area contributed by atoms with Gasteiger partial charge in [0.2, 0.25) is 5.91 Å². The van der Waals surface area contributed by atoms with Gasteiger partial charge >= 0.3 is 0 Å². The standard InChI is InChI=1S/C16H17N3O3S/c20-14-7-17-10-8-21-5-4-11(10)19(14)16-18-15-9-3-6-22-12(9)1-2-13(15)23-16/h1-2,10-11,17H,3-8H2. The van der Waals surface area contributed by atoms with Gasteiger partial charge in [0.25, 0.3) is 0 Å². The number of piperazine rings is 1. The highest BCUT2D eigenvalue weighted by molar-refractivity contribution is 7.22. The minimum atomic E-state index is 0.0973. The Hall–Kier alpha value is -1.70. The number of carbonyl (C=O) groups is 1. The first-order valence-electron chi connectivity index (χ1n) is 7.99. The zero-order valence-electron chi connectivity index (χ0n) is 12.6. The molecule has 6 nitrogen and oxygen atoms in total. The van der Waals surface area contributed by atoms with Gasteiger partial charge in [0.05, 0.1) is 42.1 Å². The maximum atomic E-state index is 12.5. The minimum Gasteiger partial charge on any atom is -0.493 e. The molecule has 0 saturated carbocycles. The number of nitrogens with one attached hydrogen (secondary N) is 1. The number of benzene rings is 1. The van der Waals surface area contributed by atoms with E-state index in [1.807, 2.05) is 11.0 Å². The molecule has 2 atom stereocenters. The molecular weight excluding hydrogens is 314 g/mol. The van der Waals surface area contributed by atoms with Crippen molar-refractivity contribution in [3.8, 4) is 5.75 Å². The maximum absolute atomic E-state index is 12.5. The molecule has 5 rings (SSSR count). The monoisotopic (exact) mass is 331 g/mol. The fraction of sp³-hybridized carbons (Fsp3) is 0.500. The number of hydrogen-bond acceptors (Lipinski definition) is 6. The van der Waals surface area contributed by atoms with E-state index in [-0.39, 0.29) is 18.0 Å². The Morgan fingerprint density at radius 3 is 3.26 bits per heavy atom. The molecule has 1 amide bonds. The first-order chi connectivity index (χ1) is 11.3. The Morgan fingerprint density at radius 1 is 1.35 bits per heavy atom. The van der Waals surface area contributed by atoms with E-state index >= 15 is 0 Å². The summed E-state index contributed by atoms with van der Waals surface area (Å²) < 4.78 is 12.3. The van der Waals surface area contributed by atoms with E-state index in [0.29, 0.717) is 19.8 Å². The molecular formula is C16H17N3O3S. The lowest BCUT2D eigenvalue weighted by molar-refractivity contribution is -0.121. The van der Waals surface area contributed by atoms with Crippen molar-refractivity contribution in [3.63, 3.8) is 0 Å². The van der Waals surface area contributed by atoms with Crippen molar-refractivity contribution < 1.29 is 14.3 Å². The van der Waals surface area contributed by atoms with Gasteiger partial charge < -0.3 is 14.8 Å². The first-order valence-corrected chi connectivity index (χ1v) is 8.81. The third-order valence-corrected chi connectivity index (χ3v) is 5.88. The van der Waals surface area contributed by atoms with Crippen LogP contribution in [-0.2, 0) is 16.0 Å². The lowest BCUT2D eigenvalue weighted by atomic mass is 9.99. The number of amides is 1. The number of carbonyl (C=O) groups excluding carboxylic acids is 1. The molecule has 2 fully saturated rings. The highest BCUT2D eigenvalue weighted by Gasteiger charge is 2.39. The number of thiazole rings is 1. The van der Waals surface area contributed by atoms with E-state index in [2.05, 4.69) is 11.4 Å². The third kappa shape index (κ3) is 2.07. The molecule has 2 saturated heterocycles. The van der Waals surface area contributed by atoms with E-state index < -0.39 is 0 Å². The molecule has 0 aliphatic carbocycles.